The van der Waals surface area contributed by atoms with Gasteiger partial charge in [-0.3, -0.25) is 4.79 Å². The molecule has 1 saturated heterocycles. The van der Waals surface area contributed by atoms with Crippen LogP contribution in [0.1, 0.15) is 47.7 Å². The van der Waals surface area contributed by atoms with Crippen molar-refractivity contribution >= 4 is 21.9 Å². The van der Waals surface area contributed by atoms with Crippen molar-refractivity contribution in [3.05, 3.63) is 65.2 Å². The highest BCUT2D eigenvalue weighted by Crippen LogP contribution is 2.27. The minimum Gasteiger partial charge on any atom is -0.465 e. The van der Waals surface area contributed by atoms with E-state index in [-0.39, 0.29) is 35.4 Å². The zero-order valence-electron chi connectivity index (χ0n) is 19.4. The molecule has 0 aliphatic carbocycles. The number of hydrogen-bond acceptors (Lipinski definition) is 6. The average Bonchev–Trinajstić information content (AvgIpc) is 2.88. The van der Waals surface area contributed by atoms with Crippen LogP contribution in [0, 0.1) is 17.2 Å². The number of nitrogens with zero attached hydrogens (tertiary/aromatic N) is 3. The Hall–Kier alpha value is -3.22. The van der Waals surface area contributed by atoms with Gasteiger partial charge in [-0.15, -0.1) is 0 Å². The second kappa shape index (κ2) is 11.3. The Morgan fingerprint density at radius 3 is 2.35 bits per heavy atom. The Kier molecular flexibility index (Phi) is 8.42. The summed E-state index contributed by atoms with van der Waals surface area (Å²) in [6.07, 6.45) is 1.62. The van der Waals surface area contributed by atoms with E-state index in [2.05, 4.69) is 6.07 Å². The van der Waals surface area contributed by atoms with Gasteiger partial charge in [0.15, 0.2) is 0 Å². The molecule has 0 radical (unpaired) electrons. The molecule has 0 N–H and O–H groups in total. The van der Waals surface area contributed by atoms with Crippen molar-refractivity contribution in [3.63, 3.8) is 0 Å². The fraction of sp³-hybridized carbons (Fsp3) is 0.400. The Morgan fingerprint density at radius 1 is 1.12 bits per heavy atom. The van der Waals surface area contributed by atoms with E-state index in [0.29, 0.717) is 31.5 Å². The van der Waals surface area contributed by atoms with Crippen LogP contribution in [0.4, 0.5) is 0 Å². The maximum atomic E-state index is 13.3. The summed E-state index contributed by atoms with van der Waals surface area (Å²) in [7, 11) is -2.69. The zero-order chi connectivity index (χ0) is 24.7. The number of hydrogen-bond donors (Lipinski definition) is 0. The normalized spacial score (nSPS) is 14.9. The minimum atomic E-state index is -3.90. The monoisotopic (exact) mass is 483 g/mol. The van der Waals surface area contributed by atoms with Crippen molar-refractivity contribution < 1.29 is 22.7 Å². The molecule has 180 valence electrons. The topological polar surface area (TPSA) is 108 Å². The molecule has 1 heterocycles. The minimum absolute atomic E-state index is 0.000243. The first-order valence-electron chi connectivity index (χ1n) is 11.3. The molecule has 1 fully saturated rings. The average molecular weight is 484 g/mol. The lowest BCUT2D eigenvalue weighted by Gasteiger charge is -2.34. The molecule has 0 spiro atoms. The highest BCUT2D eigenvalue weighted by molar-refractivity contribution is 7.89. The number of esters is 1. The van der Waals surface area contributed by atoms with Crippen LogP contribution in [0.2, 0.25) is 0 Å². The lowest BCUT2D eigenvalue weighted by molar-refractivity contribution is -0.137. The maximum Gasteiger partial charge on any atom is 0.339 e. The van der Waals surface area contributed by atoms with Gasteiger partial charge < -0.3 is 9.64 Å². The molecule has 0 atom stereocenters. The van der Waals surface area contributed by atoms with Gasteiger partial charge in [0, 0.05) is 32.1 Å². The van der Waals surface area contributed by atoms with Crippen LogP contribution in [0.3, 0.4) is 0 Å². The van der Waals surface area contributed by atoms with Crippen LogP contribution in [-0.2, 0) is 26.1 Å². The molecule has 0 aromatic heterocycles. The molecule has 2 aromatic carbocycles. The molecular formula is C25H29N3O5S. The van der Waals surface area contributed by atoms with Gasteiger partial charge in [0.25, 0.3) is 0 Å². The standard InChI is InChI=1S/C25H29N3O5S/c1-3-14-27(18-20-10-8-19(17-26)9-11-20)24(29)21-12-15-28(16-13-21)34(31,32)23-7-5-4-6-22(23)25(30)33-2/h4-11,21H,3,12-16,18H2,1-2H3. The lowest BCUT2D eigenvalue weighted by Crippen LogP contribution is -2.44. The van der Waals surface area contributed by atoms with Crippen molar-refractivity contribution in [1.29, 1.82) is 5.26 Å². The first kappa shape index (κ1) is 25.4. The molecule has 0 saturated carbocycles. The van der Waals surface area contributed by atoms with Crippen LogP contribution >= 0.6 is 0 Å². The number of nitriles is 1. The van der Waals surface area contributed by atoms with Gasteiger partial charge >= 0.3 is 5.97 Å². The Bertz CT molecular complexity index is 1160. The molecule has 8 nitrogen and oxygen atoms in total. The van der Waals surface area contributed by atoms with E-state index in [1.807, 2.05) is 24.0 Å². The maximum absolute atomic E-state index is 13.3. The third-order valence-corrected chi connectivity index (χ3v) is 7.93. The fourth-order valence-electron chi connectivity index (χ4n) is 4.15. The van der Waals surface area contributed by atoms with Crippen molar-refractivity contribution in [2.75, 3.05) is 26.7 Å². The summed E-state index contributed by atoms with van der Waals surface area (Å²) in [4.78, 5) is 27.0. The van der Waals surface area contributed by atoms with Crippen LogP contribution in [-0.4, -0.2) is 56.2 Å². The third-order valence-electron chi connectivity index (χ3n) is 5.98. The lowest BCUT2D eigenvalue weighted by atomic mass is 9.96. The Balaban J connectivity index is 1.69. The molecule has 3 rings (SSSR count). The van der Waals surface area contributed by atoms with Crippen molar-refractivity contribution in [1.82, 2.24) is 9.21 Å². The molecule has 0 bridgehead atoms. The summed E-state index contributed by atoms with van der Waals surface area (Å²) in [5.41, 5.74) is 1.51. The molecule has 0 unspecified atom stereocenters. The molecule has 1 aliphatic rings. The quantitative estimate of drug-likeness (QED) is 0.534. The van der Waals surface area contributed by atoms with E-state index in [1.54, 1.807) is 24.3 Å². The second-order valence-corrected chi connectivity index (χ2v) is 10.1. The molecular weight excluding hydrogens is 454 g/mol. The first-order chi connectivity index (χ1) is 16.3. The number of sulfonamides is 1. The van der Waals surface area contributed by atoms with Gasteiger partial charge in [0.2, 0.25) is 15.9 Å². The van der Waals surface area contributed by atoms with Gasteiger partial charge in [-0.05, 0) is 49.1 Å². The number of rotatable bonds is 8. The summed E-state index contributed by atoms with van der Waals surface area (Å²) in [6, 6.07) is 15.3. The number of ether oxygens (including phenoxy) is 1. The Morgan fingerprint density at radius 2 is 1.76 bits per heavy atom. The van der Waals surface area contributed by atoms with Gasteiger partial charge in [0.1, 0.15) is 0 Å². The van der Waals surface area contributed by atoms with Crippen LogP contribution < -0.4 is 0 Å². The van der Waals surface area contributed by atoms with Crippen LogP contribution in [0.25, 0.3) is 0 Å². The number of methoxy groups -OCH3 is 1. The number of benzene rings is 2. The summed E-state index contributed by atoms with van der Waals surface area (Å²) >= 11 is 0. The largest absolute Gasteiger partial charge is 0.465 e. The molecule has 34 heavy (non-hydrogen) atoms. The van der Waals surface area contributed by atoms with E-state index in [9.17, 15) is 18.0 Å². The first-order valence-corrected chi connectivity index (χ1v) is 12.7. The second-order valence-electron chi connectivity index (χ2n) is 8.23. The van der Waals surface area contributed by atoms with Crippen molar-refractivity contribution in [2.45, 2.75) is 37.6 Å². The summed E-state index contributed by atoms with van der Waals surface area (Å²) < 4.78 is 32.5. The fourth-order valence-corrected chi connectivity index (χ4v) is 5.80. The van der Waals surface area contributed by atoms with Crippen molar-refractivity contribution in [3.8, 4) is 6.07 Å². The summed E-state index contributed by atoms with van der Waals surface area (Å²) in [6.45, 7) is 3.45. The highest BCUT2D eigenvalue weighted by atomic mass is 32.2. The summed E-state index contributed by atoms with van der Waals surface area (Å²) in [5, 5.41) is 8.98. The number of amides is 1. The van der Waals surface area contributed by atoms with E-state index < -0.39 is 16.0 Å². The van der Waals surface area contributed by atoms with E-state index in [4.69, 9.17) is 10.00 Å². The van der Waals surface area contributed by atoms with Crippen molar-refractivity contribution in [2.24, 2.45) is 5.92 Å². The number of carbonyl (C=O) groups excluding carboxylic acids is 2. The Labute approximate surface area is 200 Å². The number of piperidine rings is 1. The SMILES string of the molecule is CCCN(Cc1ccc(C#N)cc1)C(=O)C1CCN(S(=O)(=O)c2ccccc2C(=O)OC)CC1. The third kappa shape index (κ3) is 5.64. The molecule has 1 amide bonds. The van der Waals surface area contributed by atoms with Crippen LogP contribution in [0.5, 0.6) is 0 Å². The number of carbonyl (C=O) groups is 2. The van der Waals surface area contributed by atoms with Gasteiger partial charge in [-0.25, -0.2) is 13.2 Å². The van der Waals surface area contributed by atoms with Gasteiger partial charge in [-0.1, -0.05) is 31.2 Å². The van der Waals surface area contributed by atoms with E-state index in [1.165, 1.54) is 23.5 Å². The molecule has 2 aromatic rings. The molecule has 9 heteroatoms. The van der Waals surface area contributed by atoms with Gasteiger partial charge in [-0.2, -0.15) is 9.57 Å². The van der Waals surface area contributed by atoms with Gasteiger partial charge in [0.05, 0.1) is 29.2 Å². The molecule has 1 aliphatic heterocycles. The highest BCUT2D eigenvalue weighted by Gasteiger charge is 2.35. The summed E-state index contributed by atoms with van der Waals surface area (Å²) in [5.74, 6) is -0.965. The van der Waals surface area contributed by atoms with E-state index >= 15 is 0 Å². The smallest absolute Gasteiger partial charge is 0.339 e. The predicted octanol–water partition coefficient (Wildman–Crippen LogP) is 3.18. The predicted molar refractivity (Wildman–Crippen MR) is 126 cm³/mol. The van der Waals surface area contributed by atoms with Crippen LogP contribution in [0.15, 0.2) is 53.4 Å². The van der Waals surface area contributed by atoms with E-state index in [0.717, 1.165) is 12.0 Å². The zero-order valence-corrected chi connectivity index (χ0v) is 20.3.